The molecule has 0 aliphatic heterocycles. The Bertz CT molecular complexity index is 1370. The second-order valence-corrected chi connectivity index (χ2v) is 11.7. The standard InChI is InChI=1S/C31H37N3O5S/c1-3-32-31(36)29(21-24-7-5-4-6-8-24)34(22-25-9-16-27(39-2)17-10-25)30(35)20-13-23-11-18-28(19-12-23)40(37,38)33-26-14-15-26/h4-12,16-19,26,29,33H,3,13-15,20-22H2,1-2H3,(H,32,36). The molecule has 0 heterocycles. The van der Waals surface area contributed by atoms with Gasteiger partial charge >= 0.3 is 0 Å². The number of hydrogen-bond acceptors (Lipinski definition) is 5. The molecule has 0 spiro atoms. The number of rotatable bonds is 14. The molecule has 212 valence electrons. The van der Waals surface area contributed by atoms with Crippen molar-refractivity contribution < 1.29 is 22.7 Å². The summed E-state index contributed by atoms with van der Waals surface area (Å²) < 4.78 is 32.9. The van der Waals surface area contributed by atoms with E-state index in [0.29, 0.717) is 25.1 Å². The van der Waals surface area contributed by atoms with Crippen LogP contribution in [0.4, 0.5) is 0 Å². The SMILES string of the molecule is CCNC(=O)C(Cc1ccccc1)N(Cc1ccc(OC)cc1)C(=O)CCc1ccc(S(=O)(=O)NC2CC2)cc1. The number of sulfonamides is 1. The second-order valence-electron chi connectivity index (χ2n) is 10.0. The summed E-state index contributed by atoms with van der Waals surface area (Å²) in [5.41, 5.74) is 2.69. The van der Waals surface area contributed by atoms with Gasteiger partial charge in [0.2, 0.25) is 21.8 Å². The first-order valence-electron chi connectivity index (χ1n) is 13.6. The molecule has 2 N–H and O–H groups in total. The minimum Gasteiger partial charge on any atom is -0.497 e. The Labute approximate surface area is 236 Å². The van der Waals surface area contributed by atoms with Crippen molar-refractivity contribution in [1.82, 2.24) is 14.9 Å². The predicted octanol–water partition coefficient (Wildman–Crippen LogP) is 3.84. The lowest BCUT2D eigenvalue weighted by molar-refractivity contribution is -0.141. The van der Waals surface area contributed by atoms with Crippen molar-refractivity contribution in [2.45, 2.75) is 62.6 Å². The number of nitrogens with one attached hydrogen (secondary N) is 2. The summed E-state index contributed by atoms with van der Waals surface area (Å²) in [5, 5.41) is 2.90. The minimum atomic E-state index is -3.53. The van der Waals surface area contributed by atoms with Gasteiger partial charge in [0.25, 0.3) is 0 Å². The Balaban J connectivity index is 1.53. The Kier molecular flexibility index (Phi) is 9.95. The summed E-state index contributed by atoms with van der Waals surface area (Å²) in [7, 11) is -1.93. The van der Waals surface area contributed by atoms with Crippen LogP contribution >= 0.6 is 0 Å². The minimum absolute atomic E-state index is 0.0349. The van der Waals surface area contributed by atoms with Crippen LogP contribution in [0.3, 0.4) is 0 Å². The molecule has 0 bridgehead atoms. The number of amides is 2. The second kappa shape index (κ2) is 13.6. The number of nitrogens with zero attached hydrogens (tertiary/aromatic N) is 1. The van der Waals surface area contributed by atoms with Gasteiger partial charge in [-0.15, -0.1) is 0 Å². The van der Waals surface area contributed by atoms with Crippen LogP contribution in [-0.2, 0) is 39.0 Å². The fourth-order valence-corrected chi connectivity index (χ4v) is 5.80. The van der Waals surface area contributed by atoms with Gasteiger partial charge in [0, 0.05) is 32.0 Å². The maximum atomic E-state index is 13.8. The number of aryl methyl sites for hydroxylation is 1. The van der Waals surface area contributed by atoms with Crippen LogP contribution < -0.4 is 14.8 Å². The molecule has 0 saturated heterocycles. The molecule has 3 aromatic rings. The highest BCUT2D eigenvalue weighted by atomic mass is 32.2. The van der Waals surface area contributed by atoms with Gasteiger partial charge in [-0.05, 0) is 67.1 Å². The third-order valence-electron chi connectivity index (χ3n) is 6.89. The fraction of sp³-hybridized carbons (Fsp3) is 0.355. The van der Waals surface area contributed by atoms with Gasteiger partial charge in [-0.3, -0.25) is 9.59 Å². The van der Waals surface area contributed by atoms with Crippen molar-refractivity contribution in [3.05, 3.63) is 95.6 Å². The zero-order valence-electron chi connectivity index (χ0n) is 23.0. The quantitative estimate of drug-likeness (QED) is 0.310. The van der Waals surface area contributed by atoms with Gasteiger partial charge in [0.1, 0.15) is 11.8 Å². The zero-order valence-corrected chi connectivity index (χ0v) is 23.8. The molecule has 3 aromatic carbocycles. The number of ether oxygens (including phenoxy) is 1. The van der Waals surface area contributed by atoms with Crippen LogP contribution in [0.5, 0.6) is 5.75 Å². The number of likely N-dealkylation sites (N-methyl/N-ethyl adjacent to an activating group) is 1. The third kappa shape index (κ3) is 8.16. The van der Waals surface area contributed by atoms with Gasteiger partial charge < -0.3 is 15.0 Å². The zero-order chi connectivity index (χ0) is 28.5. The first-order valence-corrected chi connectivity index (χ1v) is 15.1. The van der Waals surface area contributed by atoms with E-state index in [1.54, 1.807) is 36.3 Å². The molecule has 1 unspecified atom stereocenters. The van der Waals surface area contributed by atoms with Gasteiger partial charge in [0.05, 0.1) is 12.0 Å². The van der Waals surface area contributed by atoms with E-state index in [1.807, 2.05) is 61.5 Å². The van der Waals surface area contributed by atoms with Crippen LogP contribution in [-0.4, -0.2) is 50.9 Å². The summed E-state index contributed by atoms with van der Waals surface area (Å²) >= 11 is 0. The van der Waals surface area contributed by atoms with E-state index in [-0.39, 0.29) is 35.7 Å². The molecule has 9 heteroatoms. The molecule has 40 heavy (non-hydrogen) atoms. The average Bonchev–Trinajstić information content (AvgIpc) is 3.78. The van der Waals surface area contributed by atoms with E-state index >= 15 is 0 Å². The van der Waals surface area contributed by atoms with E-state index in [1.165, 1.54) is 0 Å². The van der Waals surface area contributed by atoms with Crippen molar-refractivity contribution >= 4 is 21.8 Å². The van der Waals surface area contributed by atoms with E-state index in [2.05, 4.69) is 10.0 Å². The van der Waals surface area contributed by atoms with Crippen LogP contribution in [0.2, 0.25) is 0 Å². The molecule has 1 fully saturated rings. The first kappa shape index (κ1) is 29.3. The Hall–Kier alpha value is -3.69. The maximum absolute atomic E-state index is 13.8. The molecule has 1 aliphatic rings. The van der Waals surface area contributed by atoms with E-state index in [0.717, 1.165) is 29.5 Å². The van der Waals surface area contributed by atoms with Gasteiger partial charge in [0.15, 0.2) is 0 Å². The highest BCUT2D eigenvalue weighted by molar-refractivity contribution is 7.89. The van der Waals surface area contributed by atoms with Crippen LogP contribution in [0.25, 0.3) is 0 Å². The van der Waals surface area contributed by atoms with E-state index in [4.69, 9.17) is 4.74 Å². The predicted molar refractivity (Wildman–Crippen MR) is 154 cm³/mol. The first-order chi connectivity index (χ1) is 19.3. The van der Waals surface area contributed by atoms with E-state index in [9.17, 15) is 18.0 Å². The van der Waals surface area contributed by atoms with Crippen molar-refractivity contribution in [3.63, 3.8) is 0 Å². The fourth-order valence-electron chi connectivity index (χ4n) is 4.49. The third-order valence-corrected chi connectivity index (χ3v) is 8.43. The molecule has 2 amide bonds. The summed E-state index contributed by atoms with van der Waals surface area (Å²) in [6, 6.07) is 23.1. The molecule has 1 saturated carbocycles. The van der Waals surface area contributed by atoms with Crippen LogP contribution in [0, 0.1) is 0 Å². The Morgan fingerprint density at radius 1 is 0.925 bits per heavy atom. The smallest absolute Gasteiger partial charge is 0.243 e. The highest BCUT2D eigenvalue weighted by Gasteiger charge is 2.30. The van der Waals surface area contributed by atoms with Crippen LogP contribution in [0.15, 0.2) is 83.8 Å². The largest absolute Gasteiger partial charge is 0.497 e. The van der Waals surface area contributed by atoms with Crippen LogP contribution in [0.1, 0.15) is 42.9 Å². The lowest BCUT2D eigenvalue weighted by Crippen LogP contribution is -2.50. The number of hydrogen-bond donors (Lipinski definition) is 2. The average molecular weight is 564 g/mol. The number of methoxy groups -OCH3 is 1. The molecule has 0 aromatic heterocycles. The van der Waals surface area contributed by atoms with Crippen molar-refractivity contribution in [2.24, 2.45) is 0 Å². The number of carbonyl (C=O) groups excluding carboxylic acids is 2. The molecule has 8 nitrogen and oxygen atoms in total. The van der Waals surface area contributed by atoms with Crippen molar-refractivity contribution in [1.29, 1.82) is 0 Å². The molecular formula is C31H37N3O5S. The molecular weight excluding hydrogens is 526 g/mol. The normalized spacial score (nSPS) is 13.8. The molecule has 1 atom stereocenters. The summed E-state index contributed by atoms with van der Waals surface area (Å²) in [6.07, 6.45) is 2.71. The molecule has 4 rings (SSSR count). The summed E-state index contributed by atoms with van der Waals surface area (Å²) in [6.45, 7) is 2.58. The topological polar surface area (TPSA) is 105 Å². The van der Waals surface area contributed by atoms with Crippen molar-refractivity contribution in [3.8, 4) is 5.75 Å². The summed E-state index contributed by atoms with van der Waals surface area (Å²) in [5.74, 6) is 0.352. The Morgan fingerprint density at radius 2 is 1.57 bits per heavy atom. The number of carbonyl (C=O) groups is 2. The maximum Gasteiger partial charge on any atom is 0.243 e. The summed E-state index contributed by atoms with van der Waals surface area (Å²) in [4.78, 5) is 28.9. The lowest BCUT2D eigenvalue weighted by Gasteiger charge is -2.31. The monoisotopic (exact) mass is 563 g/mol. The number of benzene rings is 3. The van der Waals surface area contributed by atoms with Gasteiger partial charge in [-0.2, -0.15) is 0 Å². The lowest BCUT2D eigenvalue weighted by atomic mass is 10.0. The molecule has 0 radical (unpaired) electrons. The van der Waals surface area contributed by atoms with Gasteiger partial charge in [-0.25, -0.2) is 13.1 Å². The Morgan fingerprint density at radius 3 is 2.17 bits per heavy atom. The highest BCUT2D eigenvalue weighted by Crippen LogP contribution is 2.23. The van der Waals surface area contributed by atoms with Gasteiger partial charge in [-0.1, -0.05) is 54.6 Å². The van der Waals surface area contributed by atoms with E-state index < -0.39 is 16.1 Å². The molecule has 1 aliphatic carbocycles. The van der Waals surface area contributed by atoms with Crippen molar-refractivity contribution in [2.75, 3.05) is 13.7 Å².